The van der Waals surface area contributed by atoms with Crippen LogP contribution >= 0.6 is 0 Å². The van der Waals surface area contributed by atoms with Crippen molar-refractivity contribution in [2.75, 3.05) is 7.11 Å². The summed E-state index contributed by atoms with van der Waals surface area (Å²) in [5, 5.41) is 12.9. The van der Waals surface area contributed by atoms with E-state index < -0.39 is 0 Å². The highest BCUT2D eigenvalue weighted by Crippen LogP contribution is 2.35. The van der Waals surface area contributed by atoms with Crippen LogP contribution in [0.1, 0.15) is 54.8 Å². The van der Waals surface area contributed by atoms with E-state index in [1.165, 1.54) is 30.4 Å². The van der Waals surface area contributed by atoms with Gasteiger partial charge in [0.15, 0.2) is 0 Å². The van der Waals surface area contributed by atoms with Gasteiger partial charge in [0, 0.05) is 12.1 Å². The van der Waals surface area contributed by atoms with Gasteiger partial charge in [0.2, 0.25) is 0 Å². The fraction of sp³-hybridized carbons (Fsp3) is 0.429. The molecule has 2 N–H and O–H groups in total. The van der Waals surface area contributed by atoms with Crippen molar-refractivity contribution in [3.63, 3.8) is 0 Å². The Bertz CT molecular complexity index is 653. The van der Waals surface area contributed by atoms with Crippen molar-refractivity contribution in [1.29, 1.82) is 0 Å². The van der Waals surface area contributed by atoms with E-state index in [-0.39, 0.29) is 6.61 Å². The summed E-state index contributed by atoms with van der Waals surface area (Å²) >= 11 is 0. The average Bonchev–Trinajstić information content (AvgIpc) is 3.10. The third-order valence-electron chi connectivity index (χ3n) is 5.15. The zero-order chi connectivity index (χ0) is 16.9. The Morgan fingerprint density at radius 1 is 1.17 bits per heavy atom. The molecule has 0 aliphatic heterocycles. The number of hydrogen-bond donors (Lipinski definition) is 2. The smallest absolute Gasteiger partial charge is 0.119 e. The van der Waals surface area contributed by atoms with Crippen LogP contribution in [0.3, 0.4) is 0 Å². The number of hydrogen-bond acceptors (Lipinski definition) is 3. The number of rotatable bonds is 6. The van der Waals surface area contributed by atoms with E-state index >= 15 is 0 Å². The standard InChI is InChI=1S/C21H27NO2/c1-15(18-4-3-5-21(13-18)24-2)22-20-11-10-19(12-20)17-8-6-16(14-23)7-9-17/h3-9,13,15,19-20,22-23H,10-12,14H2,1-2H3. The molecule has 3 atom stereocenters. The first-order valence-electron chi connectivity index (χ1n) is 8.79. The molecule has 2 aromatic carbocycles. The van der Waals surface area contributed by atoms with E-state index in [1.54, 1.807) is 7.11 Å². The largest absolute Gasteiger partial charge is 0.497 e. The number of benzene rings is 2. The van der Waals surface area contributed by atoms with Crippen LogP contribution in [0.2, 0.25) is 0 Å². The second-order valence-electron chi connectivity index (χ2n) is 6.77. The van der Waals surface area contributed by atoms with Crippen molar-refractivity contribution in [1.82, 2.24) is 5.32 Å². The molecule has 0 saturated heterocycles. The molecule has 3 nitrogen and oxygen atoms in total. The molecule has 1 aliphatic rings. The average molecular weight is 325 g/mol. The van der Waals surface area contributed by atoms with Crippen LogP contribution < -0.4 is 10.1 Å². The number of ether oxygens (including phenoxy) is 1. The molecule has 0 spiro atoms. The minimum absolute atomic E-state index is 0.118. The van der Waals surface area contributed by atoms with Gasteiger partial charge in [-0.2, -0.15) is 0 Å². The summed E-state index contributed by atoms with van der Waals surface area (Å²) < 4.78 is 5.32. The summed E-state index contributed by atoms with van der Waals surface area (Å²) in [6, 6.07) is 17.6. The third-order valence-corrected chi connectivity index (χ3v) is 5.15. The van der Waals surface area contributed by atoms with Crippen molar-refractivity contribution in [2.24, 2.45) is 0 Å². The summed E-state index contributed by atoms with van der Waals surface area (Å²) in [5.74, 6) is 1.53. The van der Waals surface area contributed by atoms with Gasteiger partial charge in [-0.05, 0) is 60.9 Å². The van der Waals surface area contributed by atoms with E-state index in [9.17, 15) is 0 Å². The molecular formula is C21H27NO2. The van der Waals surface area contributed by atoms with Gasteiger partial charge < -0.3 is 15.2 Å². The van der Waals surface area contributed by atoms with Gasteiger partial charge in [0.25, 0.3) is 0 Å². The minimum Gasteiger partial charge on any atom is -0.497 e. The van der Waals surface area contributed by atoms with Gasteiger partial charge in [0.05, 0.1) is 13.7 Å². The van der Waals surface area contributed by atoms with Gasteiger partial charge in [-0.15, -0.1) is 0 Å². The van der Waals surface area contributed by atoms with E-state index in [4.69, 9.17) is 9.84 Å². The van der Waals surface area contributed by atoms with Crippen LogP contribution in [0.5, 0.6) is 5.75 Å². The Kier molecular flexibility index (Phi) is 5.54. The lowest BCUT2D eigenvalue weighted by atomic mass is 9.96. The topological polar surface area (TPSA) is 41.5 Å². The quantitative estimate of drug-likeness (QED) is 0.837. The first-order chi connectivity index (χ1) is 11.7. The zero-order valence-corrected chi connectivity index (χ0v) is 14.5. The molecule has 2 aromatic rings. The van der Waals surface area contributed by atoms with Gasteiger partial charge in [-0.25, -0.2) is 0 Å². The van der Waals surface area contributed by atoms with Crippen LogP contribution in [0.25, 0.3) is 0 Å². The normalized spacial score (nSPS) is 21.6. The predicted molar refractivity (Wildman–Crippen MR) is 97.3 cm³/mol. The van der Waals surface area contributed by atoms with Gasteiger partial charge in [-0.3, -0.25) is 0 Å². The molecule has 1 fully saturated rings. The highest BCUT2D eigenvalue weighted by molar-refractivity contribution is 5.30. The minimum atomic E-state index is 0.118. The molecule has 3 rings (SSSR count). The van der Waals surface area contributed by atoms with E-state index in [1.807, 2.05) is 24.3 Å². The SMILES string of the molecule is COc1cccc(C(C)NC2CCC(c3ccc(CO)cc3)C2)c1. The van der Waals surface area contributed by atoms with Crippen molar-refractivity contribution in [2.45, 2.75) is 50.8 Å². The molecule has 1 aliphatic carbocycles. The molecule has 3 unspecified atom stereocenters. The van der Waals surface area contributed by atoms with Crippen molar-refractivity contribution in [3.8, 4) is 5.75 Å². The predicted octanol–water partition coefficient (Wildman–Crippen LogP) is 4.17. The van der Waals surface area contributed by atoms with Crippen LogP contribution in [-0.2, 0) is 6.61 Å². The van der Waals surface area contributed by atoms with Gasteiger partial charge in [0.1, 0.15) is 5.75 Å². The van der Waals surface area contributed by atoms with Crippen LogP contribution in [0, 0.1) is 0 Å². The van der Waals surface area contributed by atoms with Crippen molar-refractivity contribution < 1.29 is 9.84 Å². The maximum Gasteiger partial charge on any atom is 0.119 e. The molecule has 3 heteroatoms. The maximum absolute atomic E-state index is 9.16. The molecule has 24 heavy (non-hydrogen) atoms. The third kappa shape index (κ3) is 3.97. The van der Waals surface area contributed by atoms with Crippen molar-refractivity contribution >= 4 is 0 Å². The lowest BCUT2D eigenvalue weighted by molar-refractivity contribution is 0.282. The number of aliphatic hydroxyl groups is 1. The second-order valence-corrected chi connectivity index (χ2v) is 6.77. The summed E-state index contributed by atoms with van der Waals surface area (Å²) in [7, 11) is 1.71. The molecule has 0 bridgehead atoms. The second kappa shape index (κ2) is 7.82. The maximum atomic E-state index is 9.16. The molecule has 1 saturated carbocycles. The van der Waals surface area contributed by atoms with E-state index in [0.29, 0.717) is 18.0 Å². The Morgan fingerprint density at radius 2 is 1.96 bits per heavy atom. The summed E-state index contributed by atoms with van der Waals surface area (Å²) in [4.78, 5) is 0. The fourth-order valence-electron chi connectivity index (χ4n) is 3.69. The zero-order valence-electron chi connectivity index (χ0n) is 14.5. The molecule has 0 heterocycles. The molecular weight excluding hydrogens is 298 g/mol. The monoisotopic (exact) mass is 325 g/mol. The van der Waals surface area contributed by atoms with E-state index in [0.717, 1.165) is 11.3 Å². The molecule has 0 aromatic heterocycles. The Hall–Kier alpha value is -1.84. The Labute approximate surface area is 144 Å². The van der Waals surface area contributed by atoms with Gasteiger partial charge in [-0.1, -0.05) is 36.4 Å². The van der Waals surface area contributed by atoms with Crippen molar-refractivity contribution in [3.05, 3.63) is 65.2 Å². The number of methoxy groups -OCH3 is 1. The van der Waals surface area contributed by atoms with Crippen LogP contribution in [0.4, 0.5) is 0 Å². The van der Waals surface area contributed by atoms with E-state index in [2.05, 4.69) is 36.5 Å². The molecule has 0 amide bonds. The lowest BCUT2D eigenvalue weighted by Gasteiger charge is -2.20. The Morgan fingerprint density at radius 3 is 2.67 bits per heavy atom. The first-order valence-corrected chi connectivity index (χ1v) is 8.79. The molecule has 0 radical (unpaired) electrons. The lowest BCUT2D eigenvalue weighted by Crippen LogP contribution is -2.29. The highest BCUT2D eigenvalue weighted by Gasteiger charge is 2.26. The van der Waals surface area contributed by atoms with Crippen LogP contribution in [0.15, 0.2) is 48.5 Å². The fourth-order valence-corrected chi connectivity index (χ4v) is 3.69. The van der Waals surface area contributed by atoms with Crippen LogP contribution in [-0.4, -0.2) is 18.3 Å². The summed E-state index contributed by atoms with van der Waals surface area (Å²) in [6.45, 7) is 2.34. The number of aliphatic hydroxyl groups excluding tert-OH is 1. The molecule has 128 valence electrons. The summed E-state index contributed by atoms with van der Waals surface area (Å²) in [6.07, 6.45) is 3.61. The van der Waals surface area contributed by atoms with Gasteiger partial charge >= 0.3 is 0 Å². The first kappa shape index (κ1) is 17.0. The number of nitrogens with one attached hydrogen (secondary N) is 1. The summed E-state index contributed by atoms with van der Waals surface area (Å²) in [5.41, 5.74) is 3.65. The Balaban J connectivity index is 1.58. The highest BCUT2D eigenvalue weighted by atomic mass is 16.5.